The van der Waals surface area contributed by atoms with Crippen molar-refractivity contribution in [3.8, 4) is 11.5 Å². The average Bonchev–Trinajstić information content (AvgIpc) is 3.21. The zero-order chi connectivity index (χ0) is 13.4. The molecule has 1 heterocycles. The third-order valence-corrected chi connectivity index (χ3v) is 4.62. The molecule has 0 aromatic heterocycles. The van der Waals surface area contributed by atoms with Gasteiger partial charge in [-0.15, -0.1) is 0 Å². The Morgan fingerprint density at radius 3 is 2.47 bits per heavy atom. The highest BCUT2D eigenvalue weighted by molar-refractivity contribution is 5.44. The van der Waals surface area contributed by atoms with Crippen molar-refractivity contribution in [2.75, 3.05) is 14.2 Å². The molecule has 3 unspecified atom stereocenters. The first kappa shape index (κ1) is 12.8. The van der Waals surface area contributed by atoms with E-state index >= 15 is 0 Å². The summed E-state index contributed by atoms with van der Waals surface area (Å²) < 4.78 is 10.7. The topological polar surface area (TPSA) is 30.5 Å². The van der Waals surface area contributed by atoms with Crippen LogP contribution in [-0.4, -0.2) is 26.3 Å². The first-order valence-corrected chi connectivity index (χ1v) is 7.21. The summed E-state index contributed by atoms with van der Waals surface area (Å²) in [6.45, 7) is 2.30. The van der Waals surface area contributed by atoms with Crippen LogP contribution in [0.3, 0.4) is 0 Å². The van der Waals surface area contributed by atoms with E-state index in [-0.39, 0.29) is 0 Å². The van der Waals surface area contributed by atoms with Crippen LogP contribution in [0.25, 0.3) is 0 Å². The van der Waals surface area contributed by atoms with Gasteiger partial charge in [0.1, 0.15) is 0 Å². The Labute approximate surface area is 115 Å². The maximum atomic E-state index is 5.41. The monoisotopic (exact) mass is 261 g/mol. The van der Waals surface area contributed by atoms with Crippen molar-refractivity contribution in [1.82, 2.24) is 5.32 Å². The Bertz CT molecular complexity index is 456. The van der Waals surface area contributed by atoms with Gasteiger partial charge < -0.3 is 14.8 Å². The van der Waals surface area contributed by atoms with E-state index in [0.717, 1.165) is 17.4 Å². The van der Waals surface area contributed by atoms with Gasteiger partial charge >= 0.3 is 0 Å². The lowest BCUT2D eigenvalue weighted by molar-refractivity contribution is 0.354. The SMILES string of the molecule is COc1ccc(C2CC(C3CC3)NC2C)cc1OC. The molecule has 19 heavy (non-hydrogen) atoms. The second kappa shape index (κ2) is 5.04. The molecule has 104 valence electrons. The molecule has 1 saturated heterocycles. The van der Waals surface area contributed by atoms with Gasteiger partial charge in [0.05, 0.1) is 14.2 Å². The average molecular weight is 261 g/mol. The van der Waals surface area contributed by atoms with Crippen LogP contribution in [0.4, 0.5) is 0 Å². The van der Waals surface area contributed by atoms with E-state index in [1.54, 1.807) is 14.2 Å². The highest BCUT2D eigenvalue weighted by atomic mass is 16.5. The van der Waals surface area contributed by atoms with Crippen LogP contribution in [0.2, 0.25) is 0 Å². The number of nitrogens with one attached hydrogen (secondary N) is 1. The summed E-state index contributed by atoms with van der Waals surface area (Å²) in [5.74, 6) is 3.16. The first-order valence-electron chi connectivity index (χ1n) is 7.21. The van der Waals surface area contributed by atoms with Gasteiger partial charge in [0.2, 0.25) is 0 Å². The van der Waals surface area contributed by atoms with Gasteiger partial charge in [0.15, 0.2) is 11.5 Å². The van der Waals surface area contributed by atoms with E-state index in [1.165, 1.54) is 24.8 Å². The molecule has 3 atom stereocenters. The quantitative estimate of drug-likeness (QED) is 0.904. The molecule has 1 aromatic rings. The zero-order valence-electron chi connectivity index (χ0n) is 12.0. The molecular weight excluding hydrogens is 238 g/mol. The van der Waals surface area contributed by atoms with Crippen LogP contribution in [0.5, 0.6) is 11.5 Å². The molecular formula is C16H23NO2. The predicted octanol–water partition coefficient (Wildman–Crippen LogP) is 2.95. The van der Waals surface area contributed by atoms with Gasteiger partial charge in [0, 0.05) is 18.0 Å². The largest absolute Gasteiger partial charge is 0.493 e. The lowest BCUT2D eigenvalue weighted by Crippen LogP contribution is -2.29. The van der Waals surface area contributed by atoms with Gasteiger partial charge in [0.25, 0.3) is 0 Å². The molecule has 2 fully saturated rings. The molecule has 3 rings (SSSR count). The Balaban J connectivity index is 1.81. The van der Waals surface area contributed by atoms with E-state index in [9.17, 15) is 0 Å². The van der Waals surface area contributed by atoms with Crippen molar-refractivity contribution in [2.45, 2.75) is 44.2 Å². The van der Waals surface area contributed by atoms with E-state index in [1.807, 2.05) is 6.07 Å². The number of hydrogen-bond donors (Lipinski definition) is 1. The molecule has 3 heteroatoms. The molecule has 1 saturated carbocycles. The summed E-state index contributed by atoms with van der Waals surface area (Å²) in [4.78, 5) is 0. The third-order valence-electron chi connectivity index (χ3n) is 4.62. The number of methoxy groups -OCH3 is 2. The van der Waals surface area contributed by atoms with Gasteiger partial charge in [-0.05, 0) is 49.8 Å². The summed E-state index contributed by atoms with van der Waals surface area (Å²) in [7, 11) is 3.38. The number of rotatable bonds is 4. The molecule has 0 radical (unpaired) electrons. The number of benzene rings is 1. The van der Waals surface area contributed by atoms with Crippen LogP contribution < -0.4 is 14.8 Å². The summed E-state index contributed by atoms with van der Waals surface area (Å²) in [5.41, 5.74) is 1.36. The lowest BCUT2D eigenvalue weighted by Gasteiger charge is -2.17. The molecule has 1 aliphatic carbocycles. The van der Waals surface area contributed by atoms with Gasteiger partial charge in [-0.3, -0.25) is 0 Å². The van der Waals surface area contributed by atoms with Gasteiger partial charge in [-0.2, -0.15) is 0 Å². The molecule has 1 aromatic carbocycles. The number of hydrogen-bond acceptors (Lipinski definition) is 3. The van der Waals surface area contributed by atoms with Crippen molar-refractivity contribution < 1.29 is 9.47 Å². The summed E-state index contributed by atoms with van der Waals surface area (Å²) in [5, 5.41) is 3.76. The highest BCUT2D eigenvalue weighted by Crippen LogP contribution is 2.43. The smallest absolute Gasteiger partial charge is 0.160 e. The molecule has 3 nitrogen and oxygen atoms in total. The van der Waals surface area contributed by atoms with Crippen molar-refractivity contribution in [3.05, 3.63) is 23.8 Å². The highest BCUT2D eigenvalue weighted by Gasteiger charge is 2.40. The molecule has 1 aliphatic heterocycles. The minimum Gasteiger partial charge on any atom is -0.493 e. The van der Waals surface area contributed by atoms with Crippen molar-refractivity contribution in [3.63, 3.8) is 0 Å². The Morgan fingerprint density at radius 1 is 1.11 bits per heavy atom. The molecule has 1 N–H and O–H groups in total. The fraction of sp³-hybridized carbons (Fsp3) is 0.625. The van der Waals surface area contributed by atoms with Crippen LogP contribution in [-0.2, 0) is 0 Å². The van der Waals surface area contributed by atoms with E-state index < -0.39 is 0 Å². The molecule has 0 bridgehead atoms. The Hall–Kier alpha value is -1.22. The lowest BCUT2D eigenvalue weighted by atomic mass is 9.90. The van der Waals surface area contributed by atoms with Crippen molar-refractivity contribution in [1.29, 1.82) is 0 Å². The maximum Gasteiger partial charge on any atom is 0.160 e. The fourth-order valence-electron chi connectivity index (χ4n) is 3.33. The van der Waals surface area contributed by atoms with Crippen molar-refractivity contribution in [2.24, 2.45) is 5.92 Å². The zero-order valence-corrected chi connectivity index (χ0v) is 12.0. The Kier molecular flexibility index (Phi) is 3.40. The van der Waals surface area contributed by atoms with Gasteiger partial charge in [-0.25, -0.2) is 0 Å². The third kappa shape index (κ3) is 2.44. The second-order valence-corrected chi connectivity index (χ2v) is 5.86. The standard InChI is InChI=1S/C16H23NO2/c1-10-13(9-14(17-10)11-4-5-11)12-6-7-15(18-2)16(8-12)19-3/h6-8,10-11,13-14,17H,4-5,9H2,1-3H3. The number of ether oxygens (including phenoxy) is 2. The Morgan fingerprint density at radius 2 is 1.84 bits per heavy atom. The minimum absolute atomic E-state index is 0.545. The molecule has 0 spiro atoms. The van der Waals surface area contributed by atoms with Crippen LogP contribution in [0.15, 0.2) is 18.2 Å². The van der Waals surface area contributed by atoms with E-state index in [0.29, 0.717) is 18.0 Å². The van der Waals surface area contributed by atoms with E-state index in [2.05, 4.69) is 24.4 Å². The molecule has 0 amide bonds. The van der Waals surface area contributed by atoms with Gasteiger partial charge in [-0.1, -0.05) is 6.07 Å². The molecule has 2 aliphatic rings. The second-order valence-electron chi connectivity index (χ2n) is 5.86. The summed E-state index contributed by atoms with van der Waals surface area (Å²) in [6, 6.07) is 7.60. The summed E-state index contributed by atoms with van der Waals surface area (Å²) in [6.07, 6.45) is 4.06. The predicted molar refractivity (Wildman–Crippen MR) is 76.0 cm³/mol. The summed E-state index contributed by atoms with van der Waals surface area (Å²) >= 11 is 0. The van der Waals surface area contributed by atoms with Crippen molar-refractivity contribution >= 4 is 0 Å². The fourth-order valence-corrected chi connectivity index (χ4v) is 3.33. The van der Waals surface area contributed by atoms with Crippen LogP contribution in [0.1, 0.15) is 37.7 Å². The van der Waals surface area contributed by atoms with Crippen LogP contribution in [0, 0.1) is 5.92 Å². The van der Waals surface area contributed by atoms with E-state index in [4.69, 9.17) is 9.47 Å². The maximum absolute atomic E-state index is 5.41. The first-order chi connectivity index (χ1) is 9.22. The normalized spacial score (nSPS) is 30.4. The minimum atomic E-state index is 0.545. The van der Waals surface area contributed by atoms with Crippen LogP contribution >= 0.6 is 0 Å².